The number of carboxylic acid groups (broad SMARTS) is 1. The minimum atomic E-state index is -1.30. The quantitative estimate of drug-likeness (QED) is 0.719. The second kappa shape index (κ2) is 5.98. The van der Waals surface area contributed by atoms with Crippen LogP contribution in [0.1, 0.15) is 12.1 Å². The van der Waals surface area contributed by atoms with Crippen molar-refractivity contribution in [2.75, 3.05) is 19.8 Å². The number of aliphatic carboxylic acids is 1. The highest BCUT2D eigenvalue weighted by Crippen LogP contribution is 2.18. The highest BCUT2D eigenvalue weighted by molar-refractivity contribution is 7.07. The highest BCUT2D eigenvalue weighted by atomic mass is 32.1. The molecular weight excluding hydrogens is 270 g/mol. The summed E-state index contributed by atoms with van der Waals surface area (Å²) in [7, 11) is 0. The Morgan fingerprint density at radius 1 is 1.58 bits per heavy atom. The molecule has 1 aromatic heterocycles. The Morgan fingerprint density at radius 2 is 2.42 bits per heavy atom. The summed E-state index contributed by atoms with van der Waals surface area (Å²) in [5.41, 5.74) is 1.33. The van der Waals surface area contributed by atoms with Gasteiger partial charge in [-0.05, 0) is 0 Å². The first kappa shape index (κ1) is 13.8. The number of aromatic nitrogens is 1. The van der Waals surface area contributed by atoms with Crippen LogP contribution in [-0.2, 0) is 16.0 Å². The fraction of sp³-hybridized carbons (Fsp3) is 0.545. The molecule has 0 bridgehead atoms. The van der Waals surface area contributed by atoms with Crippen LogP contribution in [0.4, 0.5) is 4.79 Å². The van der Waals surface area contributed by atoms with Crippen LogP contribution in [0.5, 0.6) is 0 Å². The van der Waals surface area contributed by atoms with Crippen molar-refractivity contribution in [1.82, 2.24) is 15.6 Å². The van der Waals surface area contributed by atoms with Crippen molar-refractivity contribution in [2.24, 2.45) is 0 Å². The maximum atomic E-state index is 11.7. The number of urea groups is 1. The first-order valence-corrected chi connectivity index (χ1v) is 6.81. The molecule has 1 aliphatic heterocycles. The van der Waals surface area contributed by atoms with E-state index in [-0.39, 0.29) is 13.0 Å². The number of amides is 2. The lowest BCUT2D eigenvalue weighted by Gasteiger charge is -2.23. The van der Waals surface area contributed by atoms with Crippen LogP contribution in [0, 0.1) is 0 Å². The summed E-state index contributed by atoms with van der Waals surface area (Å²) in [5.74, 6) is -1.07. The molecule has 2 heterocycles. The molecule has 1 atom stereocenters. The van der Waals surface area contributed by atoms with Crippen LogP contribution in [-0.4, -0.2) is 47.4 Å². The van der Waals surface area contributed by atoms with E-state index in [4.69, 9.17) is 9.84 Å². The van der Waals surface area contributed by atoms with Gasteiger partial charge in [-0.2, -0.15) is 0 Å². The lowest BCUT2D eigenvalue weighted by molar-refractivity contribution is -0.144. The number of ether oxygens (including phenoxy) is 1. The average molecular weight is 285 g/mol. The number of thiazole rings is 1. The zero-order valence-corrected chi connectivity index (χ0v) is 11.0. The molecule has 104 valence electrons. The van der Waals surface area contributed by atoms with Gasteiger partial charge in [0.05, 0.1) is 17.8 Å². The van der Waals surface area contributed by atoms with Gasteiger partial charge in [-0.3, -0.25) is 0 Å². The van der Waals surface area contributed by atoms with Gasteiger partial charge in [0.2, 0.25) is 0 Å². The molecule has 0 aromatic carbocycles. The van der Waals surface area contributed by atoms with Gasteiger partial charge >= 0.3 is 12.0 Å². The Balaban J connectivity index is 1.78. The molecule has 1 saturated heterocycles. The van der Waals surface area contributed by atoms with Gasteiger partial charge in [-0.1, -0.05) is 0 Å². The first-order valence-electron chi connectivity index (χ1n) is 5.87. The summed E-state index contributed by atoms with van der Waals surface area (Å²) in [6.07, 6.45) is 0.898. The number of hydrogen-bond donors (Lipinski definition) is 3. The third-order valence-corrected chi connectivity index (χ3v) is 3.57. The van der Waals surface area contributed by atoms with Crippen molar-refractivity contribution in [1.29, 1.82) is 0 Å². The lowest BCUT2D eigenvalue weighted by Crippen LogP contribution is -2.57. The van der Waals surface area contributed by atoms with E-state index >= 15 is 0 Å². The van der Waals surface area contributed by atoms with Gasteiger partial charge in [0.1, 0.15) is 0 Å². The van der Waals surface area contributed by atoms with Crippen LogP contribution in [0.25, 0.3) is 0 Å². The molecule has 8 heteroatoms. The van der Waals surface area contributed by atoms with Crippen LogP contribution >= 0.6 is 11.3 Å². The number of carbonyl (C=O) groups excluding carboxylic acids is 1. The molecule has 1 fully saturated rings. The van der Waals surface area contributed by atoms with E-state index in [0.717, 1.165) is 5.69 Å². The molecule has 2 rings (SSSR count). The predicted octanol–water partition coefficient (Wildman–Crippen LogP) is 0.228. The van der Waals surface area contributed by atoms with Gasteiger partial charge in [0, 0.05) is 31.4 Å². The SMILES string of the molecule is O=C(NCCc1cscn1)NC1(C(=O)O)CCOC1. The number of nitrogens with zero attached hydrogens (tertiary/aromatic N) is 1. The Bertz CT molecular complexity index is 443. The summed E-state index contributed by atoms with van der Waals surface area (Å²) >= 11 is 1.49. The standard InChI is InChI=1S/C11H15N3O4S/c15-9(16)11(2-4-18-6-11)14-10(17)12-3-1-8-5-19-7-13-8/h5,7H,1-4,6H2,(H,15,16)(H2,12,14,17). The smallest absolute Gasteiger partial charge is 0.332 e. The molecule has 0 aliphatic carbocycles. The molecule has 1 aliphatic rings. The van der Waals surface area contributed by atoms with E-state index in [1.165, 1.54) is 11.3 Å². The number of carboxylic acids is 1. The van der Waals surface area contributed by atoms with Gasteiger partial charge < -0.3 is 20.5 Å². The summed E-state index contributed by atoms with van der Waals surface area (Å²) < 4.78 is 5.05. The van der Waals surface area contributed by atoms with E-state index in [0.29, 0.717) is 19.6 Å². The van der Waals surface area contributed by atoms with E-state index in [9.17, 15) is 9.59 Å². The zero-order chi connectivity index (χ0) is 13.7. The van der Waals surface area contributed by atoms with Gasteiger partial charge in [0.15, 0.2) is 5.54 Å². The van der Waals surface area contributed by atoms with Crippen LogP contribution in [0.3, 0.4) is 0 Å². The van der Waals surface area contributed by atoms with Crippen molar-refractivity contribution in [2.45, 2.75) is 18.4 Å². The summed E-state index contributed by atoms with van der Waals surface area (Å²) in [5, 5.41) is 16.2. The van der Waals surface area contributed by atoms with E-state index in [1.807, 2.05) is 5.38 Å². The summed E-state index contributed by atoms with van der Waals surface area (Å²) in [6, 6.07) is -0.497. The van der Waals surface area contributed by atoms with E-state index in [2.05, 4.69) is 15.6 Å². The summed E-state index contributed by atoms with van der Waals surface area (Å²) in [6.45, 7) is 0.749. The highest BCUT2D eigenvalue weighted by Gasteiger charge is 2.43. The second-order valence-corrected chi connectivity index (χ2v) is 5.02. The molecule has 2 amide bonds. The van der Waals surface area contributed by atoms with Crippen LogP contribution < -0.4 is 10.6 Å². The first-order chi connectivity index (χ1) is 9.12. The fourth-order valence-electron chi connectivity index (χ4n) is 1.81. The van der Waals surface area contributed by atoms with Crippen molar-refractivity contribution in [3.05, 3.63) is 16.6 Å². The molecule has 19 heavy (non-hydrogen) atoms. The van der Waals surface area contributed by atoms with E-state index < -0.39 is 17.5 Å². The third-order valence-electron chi connectivity index (χ3n) is 2.93. The minimum Gasteiger partial charge on any atom is -0.479 e. The molecule has 0 spiro atoms. The monoisotopic (exact) mass is 285 g/mol. The predicted molar refractivity (Wildman–Crippen MR) is 68.2 cm³/mol. The number of hydrogen-bond acceptors (Lipinski definition) is 5. The Hall–Kier alpha value is -1.67. The molecule has 0 saturated carbocycles. The number of nitrogens with one attached hydrogen (secondary N) is 2. The van der Waals surface area contributed by atoms with Crippen LogP contribution in [0.15, 0.2) is 10.9 Å². The molecule has 1 aromatic rings. The Kier molecular flexibility index (Phi) is 4.33. The van der Waals surface area contributed by atoms with Crippen molar-refractivity contribution >= 4 is 23.3 Å². The van der Waals surface area contributed by atoms with E-state index in [1.54, 1.807) is 5.51 Å². The second-order valence-electron chi connectivity index (χ2n) is 4.30. The third kappa shape index (κ3) is 3.42. The Labute approximate surface area is 114 Å². The van der Waals surface area contributed by atoms with Crippen molar-refractivity contribution in [3.8, 4) is 0 Å². The number of carbonyl (C=O) groups is 2. The summed E-state index contributed by atoms with van der Waals surface area (Å²) in [4.78, 5) is 27.0. The molecule has 7 nitrogen and oxygen atoms in total. The normalized spacial score (nSPS) is 22.1. The van der Waals surface area contributed by atoms with Crippen LogP contribution in [0.2, 0.25) is 0 Å². The zero-order valence-electron chi connectivity index (χ0n) is 10.2. The average Bonchev–Trinajstić information content (AvgIpc) is 3.00. The van der Waals surface area contributed by atoms with Gasteiger partial charge in [-0.25, -0.2) is 14.6 Å². The topological polar surface area (TPSA) is 101 Å². The van der Waals surface area contributed by atoms with Gasteiger partial charge in [0.25, 0.3) is 0 Å². The maximum Gasteiger partial charge on any atom is 0.332 e. The fourth-order valence-corrected chi connectivity index (χ4v) is 2.41. The van der Waals surface area contributed by atoms with Gasteiger partial charge in [-0.15, -0.1) is 11.3 Å². The van der Waals surface area contributed by atoms with Crippen molar-refractivity contribution < 1.29 is 19.4 Å². The minimum absolute atomic E-state index is 0.00182. The molecule has 0 radical (unpaired) electrons. The van der Waals surface area contributed by atoms with Crippen molar-refractivity contribution in [3.63, 3.8) is 0 Å². The molecule has 3 N–H and O–H groups in total. The number of rotatable bonds is 5. The largest absolute Gasteiger partial charge is 0.479 e. The molecule has 1 unspecified atom stereocenters. The lowest BCUT2D eigenvalue weighted by atomic mass is 9.99. The molecular formula is C11H15N3O4S. The maximum absolute atomic E-state index is 11.7. The Morgan fingerprint density at radius 3 is 3.00 bits per heavy atom.